The molecular formula is C17H15BrO3. The molecule has 0 fully saturated rings. The lowest BCUT2D eigenvalue weighted by atomic mass is 10.1. The average Bonchev–Trinajstić information content (AvgIpc) is 2.87. The zero-order valence-corrected chi connectivity index (χ0v) is 13.2. The SMILES string of the molecule is Cc1ccc2c(c1)CC(COc1ccc(C=O)cc1Br)O2. The first kappa shape index (κ1) is 14.1. The summed E-state index contributed by atoms with van der Waals surface area (Å²) in [5.41, 5.74) is 3.10. The van der Waals surface area contributed by atoms with Crippen LogP contribution in [0.5, 0.6) is 11.5 Å². The highest BCUT2D eigenvalue weighted by molar-refractivity contribution is 9.10. The van der Waals surface area contributed by atoms with Crippen LogP contribution in [-0.2, 0) is 6.42 Å². The highest BCUT2D eigenvalue weighted by Gasteiger charge is 2.23. The predicted molar refractivity (Wildman–Crippen MR) is 84.3 cm³/mol. The van der Waals surface area contributed by atoms with Gasteiger partial charge in [-0.3, -0.25) is 4.79 Å². The van der Waals surface area contributed by atoms with Crippen LogP contribution in [0, 0.1) is 6.92 Å². The summed E-state index contributed by atoms with van der Waals surface area (Å²) in [4.78, 5) is 10.7. The fourth-order valence-electron chi connectivity index (χ4n) is 2.43. The Morgan fingerprint density at radius 1 is 1.33 bits per heavy atom. The molecule has 0 bridgehead atoms. The number of carbonyl (C=O) groups excluding carboxylic acids is 1. The second kappa shape index (κ2) is 5.90. The van der Waals surface area contributed by atoms with Crippen molar-refractivity contribution in [2.45, 2.75) is 19.4 Å². The third-order valence-electron chi connectivity index (χ3n) is 3.47. The standard InChI is InChI=1S/C17H15BrO3/c1-11-2-4-16-13(6-11)8-14(21-16)10-20-17-5-3-12(9-19)7-15(17)18/h2-7,9,14H,8,10H2,1H3. The van der Waals surface area contributed by atoms with Crippen LogP contribution in [-0.4, -0.2) is 19.0 Å². The van der Waals surface area contributed by atoms with Crippen molar-refractivity contribution in [1.29, 1.82) is 0 Å². The van der Waals surface area contributed by atoms with Gasteiger partial charge in [-0.2, -0.15) is 0 Å². The van der Waals surface area contributed by atoms with Crippen molar-refractivity contribution in [3.8, 4) is 11.5 Å². The van der Waals surface area contributed by atoms with Crippen LogP contribution in [0.4, 0.5) is 0 Å². The van der Waals surface area contributed by atoms with Gasteiger partial charge in [0.05, 0.1) is 4.47 Å². The zero-order valence-electron chi connectivity index (χ0n) is 11.6. The number of fused-ring (bicyclic) bond motifs is 1. The van der Waals surface area contributed by atoms with Gasteiger partial charge in [-0.25, -0.2) is 0 Å². The Kier molecular flexibility index (Phi) is 3.97. The molecule has 0 aliphatic carbocycles. The smallest absolute Gasteiger partial charge is 0.150 e. The monoisotopic (exact) mass is 346 g/mol. The minimum absolute atomic E-state index is 0.0273. The largest absolute Gasteiger partial charge is 0.489 e. The second-order valence-electron chi connectivity index (χ2n) is 5.17. The van der Waals surface area contributed by atoms with E-state index in [1.165, 1.54) is 11.1 Å². The van der Waals surface area contributed by atoms with Crippen LogP contribution < -0.4 is 9.47 Å². The van der Waals surface area contributed by atoms with Crippen molar-refractivity contribution < 1.29 is 14.3 Å². The number of aldehydes is 1. The van der Waals surface area contributed by atoms with E-state index in [-0.39, 0.29) is 6.10 Å². The molecule has 0 radical (unpaired) electrons. The van der Waals surface area contributed by atoms with Crippen LogP contribution in [0.15, 0.2) is 40.9 Å². The van der Waals surface area contributed by atoms with Crippen molar-refractivity contribution >= 4 is 22.2 Å². The van der Waals surface area contributed by atoms with Gasteiger partial charge in [0.15, 0.2) is 0 Å². The van der Waals surface area contributed by atoms with Gasteiger partial charge >= 0.3 is 0 Å². The van der Waals surface area contributed by atoms with Gasteiger partial charge in [0, 0.05) is 12.0 Å². The molecule has 3 nitrogen and oxygen atoms in total. The number of rotatable bonds is 4. The van der Waals surface area contributed by atoms with Gasteiger partial charge in [-0.1, -0.05) is 17.7 Å². The normalized spacial score (nSPS) is 16.2. The van der Waals surface area contributed by atoms with Crippen LogP contribution in [0.3, 0.4) is 0 Å². The van der Waals surface area contributed by atoms with E-state index in [0.29, 0.717) is 12.2 Å². The van der Waals surface area contributed by atoms with E-state index in [1.807, 2.05) is 6.07 Å². The molecule has 1 atom stereocenters. The summed E-state index contributed by atoms with van der Waals surface area (Å²) in [7, 11) is 0. The molecular weight excluding hydrogens is 332 g/mol. The molecule has 1 heterocycles. The number of halogens is 1. The Labute approximate surface area is 132 Å². The number of ether oxygens (including phenoxy) is 2. The second-order valence-corrected chi connectivity index (χ2v) is 6.03. The van der Waals surface area contributed by atoms with E-state index in [2.05, 4.69) is 35.0 Å². The van der Waals surface area contributed by atoms with E-state index < -0.39 is 0 Å². The summed E-state index contributed by atoms with van der Waals surface area (Å²) in [6, 6.07) is 11.5. The Balaban J connectivity index is 1.63. The summed E-state index contributed by atoms with van der Waals surface area (Å²) in [6.45, 7) is 2.56. The maximum atomic E-state index is 10.7. The first-order chi connectivity index (χ1) is 10.2. The third-order valence-corrected chi connectivity index (χ3v) is 4.09. The third kappa shape index (κ3) is 3.10. The summed E-state index contributed by atoms with van der Waals surface area (Å²) >= 11 is 3.41. The Hall–Kier alpha value is -1.81. The molecule has 1 aliphatic rings. The first-order valence-corrected chi connectivity index (χ1v) is 7.59. The average molecular weight is 347 g/mol. The lowest BCUT2D eigenvalue weighted by Crippen LogP contribution is -2.22. The van der Waals surface area contributed by atoms with Crippen LogP contribution in [0.2, 0.25) is 0 Å². The fourth-order valence-corrected chi connectivity index (χ4v) is 2.94. The lowest BCUT2D eigenvalue weighted by Gasteiger charge is -2.13. The molecule has 21 heavy (non-hydrogen) atoms. The molecule has 1 unspecified atom stereocenters. The Morgan fingerprint density at radius 3 is 2.95 bits per heavy atom. The molecule has 0 spiro atoms. The number of aryl methyl sites for hydroxylation is 1. The molecule has 4 heteroatoms. The Morgan fingerprint density at radius 2 is 2.19 bits per heavy atom. The quantitative estimate of drug-likeness (QED) is 0.786. The summed E-state index contributed by atoms with van der Waals surface area (Å²) in [5.74, 6) is 1.67. The van der Waals surface area contributed by atoms with Gasteiger partial charge in [-0.15, -0.1) is 0 Å². The van der Waals surface area contributed by atoms with Gasteiger partial charge in [0.1, 0.15) is 30.5 Å². The molecule has 3 rings (SSSR count). The van der Waals surface area contributed by atoms with Crippen molar-refractivity contribution in [1.82, 2.24) is 0 Å². The molecule has 2 aromatic rings. The highest BCUT2D eigenvalue weighted by Crippen LogP contribution is 2.31. The van der Waals surface area contributed by atoms with E-state index in [1.54, 1.807) is 18.2 Å². The van der Waals surface area contributed by atoms with Crippen LogP contribution in [0.25, 0.3) is 0 Å². The number of carbonyl (C=O) groups is 1. The molecule has 0 saturated carbocycles. The van der Waals surface area contributed by atoms with Gasteiger partial charge < -0.3 is 9.47 Å². The maximum absolute atomic E-state index is 10.7. The zero-order chi connectivity index (χ0) is 14.8. The fraction of sp³-hybridized carbons (Fsp3) is 0.235. The number of benzene rings is 2. The maximum Gasteiger partial charge on any atom is 0.150 e. The highest BCUT2D eigenvalue weighted by atomic mass is 79.9. The Bertz CT molecular complexity index is 682. The van der Waals surface area contributed by atoms with Crippen molar-refractivity contribution in [3.05, 3.63) is 57.6 Å². The van der Waals surface area contributed by atoms with Crippen molar-refractivity contribution in [3.63, 3.8) is 0 Å². The lowest BCUT2D eigenvalue weighted by molar-refractivity contribution is 0.112. The van der Waals surface area contributed by atoms with E-state index in [4.69, 9.17) is 9.47 Å². The van der Waals surface area contributed by atoms with Crippen molar-refractivity contribution in [2.75, 3.05) is 6.61 Å². The topological polar surface area (TPSA) is 35.5 Å². The first-order valence-electron chi connectivity index (χ1n) is 6.79. The minimum atomic E-state index is 0.0273. The van der Waals surface area contributed by atoms with Crippen molar-refractivity contribution in [2.24, 2.45) is 0 Å². The number of hydrogen-bond acceptors (Lipinski definition) is 3. The molecule has 0 aromatic heterocycles. The summed E-state index contributed by atoms with van der Waals surface area (Å²) in [5, 5.41) is 0. The molecule has 0 saturated heterocycles. The van der Waals surface area contributed by atoms with Crippen LogP contribution >= 0.6 is 15.9 Å². The van der Waals surface area contributed by atoms with Gasteiger partial charge in [-0.05, 0) is 52.7 Å². The van der Waals surface area contributed by atoms with Crippen LogP contribution in [0.1, 0.15) is 21.5 Å². The molecule has 0 N–H and O–H groups in total. The minimum Gasteiger partial charge on any atom is -0.489 e. The van der Waals surface area contributed by atoms with E-state index >= 15 is 0 Å². The molecule has 0 amide bonds. The van der Waals surface area contributed by atoms with E-state index in [9.17, 15) is 4.79 Å². The molecule has 108 valence electrons. The molecule has 2 aromatic carbocycles. The van der Waals surface area contributed by atoms with E-state index in [0.717, 1.165) is 28.7 Å². The number of hydrogen-bond donors (Lipinski definition) is 0. The summed E-state index contributed by atoms with van der Waals surface area (Å²) < 4.78 is 12.4. The van der Waals surface area contributed by atoms with Gasteiger partial charge in [0.2, 0.25) is 0 Å². The predicted octanol–water partition coefficient (Wildman–Crippen LogP) is 3.95. The molecule has 1 aliphatic heterocycles. The summed E-state index contributed by atoms with van der Waals surface area (Å²) in [6.07, 6.45) is 1.70. The van der Waals surface area contributed by atoms with Gasteiger partial charge in [0.25, 0.3) is 0 Å².